The van der Waals surface area contributed by atoms with E-state index in [1.807, 2.05) is 0 Å². The van der Waals surface area contributed by atoms with Crippen molar-refractivity contribution in [3.8, 4) is 0 Å². The predicted molar refractivity (Wildman–Crippen MR) is 67.7 cm³/mol. The number of quaternary nitrogens is 1. The Balaban J connectivity index is 0. The monoisotopic (exact) mass is 276 g/mol. The van der Waals surface area contributed by atoms with Gasteiger partial charge in [-0.2, -0.15) is 0 Å². The third-order valence-electron chi connectivity index (χ3n) is 2.29. The standard InChI is InChI=1S/C9H16O5.C4H12N/c1-4-6(14-3)7(9(12)13)5(2)8(10)11;1-5(2,3)4/h5-7H,4H2,1-3H3,(H,10,11)(H,12,13);1-4H3/q;+1/p-2. The van der Waals surface area contributed by atoms with E-state index in [9.17, 15) is 19.8 Å². The van der Waals surface area contributed by atoms with Crippen molar-refractivity contribution in [2.75, 3.05) is 35.3 Å². The zero-order valence-electron chi connectivity index (χ0n) is 12.9. The van der Waals surface area contributed by atoms with Crippen molar-refractivity contribution < 1.29 is 29.0 Å². The molecule has 0 bridgehead atoms. The summed E-state index contributed by atoms with van der Waals surface area (Å²) in [5.41, 5.74) is 0. The van der Waals surface area contributed by atoms with Crippen molar-refractivity contribution >= 4 is 11.9 Å². The van der Waals surface area contributed by atoms with Gasteiger partial charge in [-0.15, -0.1) is 0 Å². The molecule has 0 amide bonds. The molecule has 3 atom stereocenters. The third kappa shape index (κ3) is 10.5. The van der Waals surface area contributed by atoms with Crippen molar-refractivity contribution in [1.29, 1.82) is 0 Å². The minimum absolute atomic E-state index is 0.409. The fourth-order valence-electron chi connectivity index (χ4n) is 1.39. The van der Waals surface area contributed by atoms with Gasteiger partial charge in [-0.1, -0.05) is 13.8 Å². The van der Waals surface area contributed by atoms with Crippen LogP contribution in [0.2, 0.25) is 0 Å². The van der Waals surface area contributed by atoms with Gasteiger partial charge >= 0.3 is 0 Å². The van der Waals surface area contributed by atoms with Crippen LogP contribution in [0.1, 0.15) is 20.3 Å². The second-order valence-electron chi connectivity index (χ2n) is 5.82. The van der Waals surface area contributed by atoms with E-state index >= 15 is 0 Å². The SMILES string of the molecule is CCC(OC)C(C(=O)[O-])C(C)C(=O)[O-].C[N+](C)(C)C. The van der Waals surface area contributed by atoms with Crippen molar-refractivity contribution in [1.82, 2.24) is 0 Å². The van der Waals surface area contributed by atoms with Gasteiger partial charge in [0.15, 0.2) is 0 Å². The number of carbonyl (C=O) groups is 2. The zero-order valence-corrected chi connectivity index (χ0v) is 12.9. The van der Waals surface area contributed by atoms with E-state index in [-0.39, 0.29) is 0 Å². The Morgan fingerprint density at radius 3 is 1.63 bits per heavy atom. The molecular weight excluding hydrogens is 250 g/mol. The van der Waals surface area contributed by atoms with E-state index in [0.717, 1.165) is 4.48 Å². The molecule has 0 saturated carbocycles. The molecule has 0 fully saturated rings. The van der Waals surface area contributed by atoms with Crippen LogP contribution in [0, 0.1) is 11.8 Å². The lowest BCUT2D eigenvalue weighted by atomic mass is 9.87. The number of hydrogen-bond acceptors (Lipinski definition) is 5. The summed E-state index contributed by atoms with van der Waals surface area (Å²) in [5.74, 6) is -5.12. The average Bonchev–Trinajstić information content (AvgIpc) is 2.21. The van der Waals surface area contributed by atoms with Gasteiger partial charge in [-0.25, -0.2) is 0 Å². The number of aliphatic carboxylic acids is 2. The summed E-state index contributed by atoms with van der Waals surface area (Å²) < 4.78 is 5.88. The van der Waals surface area contributed by atoms with E-state index in [2.05, 4.69) is 28.2 Å². The molecule has 6 nitrogen and oxygen atoms in total. The molecule has 19 heavy (non-hydrogen) atoms. The number of nitrogens with zero attached hydrogens (tertiary/aromatic N) is 1. The molecule has 114 valence electrons. The number of carboxylic acid groups (broad SMARTS) is 2. The highest BCUT2D eigenvalue weighted by molar-refractivity contribution is 5.78. The second kappa shape index (κ2) is 8.87. The van der Waals surface area contributed by atoms with Crippen LogP contribution in [0.5, 0.6) is 0 Å². The molecule has 3 unspecified atom stereocenters. The quantitative estimate of drug-likeness (QED) is 0.550. The lowest BCUT2D eigenvalue weighted by molar-refractivity contribution is -0.849. The summed E-state index contributed by atoms with van der Waals surface area (Å²) in [4.78, 5) is 21.2. The molecule has 0 aromatic rings. The van der Waals surface area contributed by atoms with Crippen LogP contribution < -0.4 is 10.2 Å². The molecule has 0 aliphatic carbocycles. The van der Waals surface area contributed by atoms with Crippen LogP contribution in [0.15, 0.2) is 0 Å². The first kappa shape index (κ1) is 20.2. The summed E-state index contributed by atoms with van der Waals surface area (Å²) in [6.45, 7) is 2.99. The number of hydrogen-bond donors (Lipinski definition) is 0. The lowest BCUT2D eigenvalue weighted by Crippen LogP contribution is -2.48. The van der Waals surface area contributed by atoms with Gasteiger partial charge in [-0.05, 0) is 6.42 Å². The molecule has 0 aliphatic rings. The second-order valence-corrected chi connectivity index (χ2v) is 5.82. The summed E-state index contributed by atoms with van der Waals surface area (Å²) in [7, 11) is 9.84. The van der Waals surface area contributed by atoms with Crippen molar-refractivity contribution in [2.45, 2.75) is 26.4 Å². The highest BCUT2D eigenvalue weighted by atomic mass is 16.5. The van der Waals surface area contributed by atoms with Crippen molar-refractivity contribution in [2.24, 2.45) is 11.8 Å². The summed E-state index contributed by atoms with van der Waals surface area (Å²) in [6.07, 6.45) is -0.250. The van der Waals surface area contributed by atoms with Gasteiger partial charge in [0.05, 0.1) is 34.3 Å². The normalized spacial score (nSPS) is 15.7. The maximum Gasteiger partial charge on any atom is 0.0675 e. The topological polar surface area (TPSA) is 89.5 Å². The third-order valence-corrected chi connectivity index (χ3v) is 2.29. The molecule has 0 saturated heterocycles. The van der Waals surface area contributed by atoms with Gasteiger partial charge < -0.3 is 29.0 Å². The number of carboxylic acids is 2. The van der Waals surface area contributed by atoms with E-state index in [1.54, 1.807) is 6.92 Å². The summed E-state index contributed by atoms with van der Waals surface area (Å²) in [6, 6.07) is 0. The number of rotatable bonds is 6. The molecule has 0 N–H and O–H groups in total. The highest BCUT2D eigenvalue weighted by Crippen LogP contribution is 2.19. The minimum Gasteiger partial charge on any atom is -0.550 e. The Morgan fingerprint density at radius 2 is 1.47 bits per heavy atom. The van der Waals surface area contributed by atoms with Crippen LogP contribution in [0.3, 0.4) is 0 Å². The van der Waals surface area contributed by atoms with E-state index in [4.69, 9.17) is 4.74 Å². The first-order chi connectivity index (χ1) is 8.45. The molecule has 0 aromatic heterocycles. The lowest BCUT2D eigenvalue weighted by Gasteiger charge is -2.31. The van der Waals surface area contributed by atoms with Crippen LogP contribution in [0.25, 0.3) is 0 Å². The van der Waals surface area contributed by atoms with Crippen LogP contribution in [-0.2, 0) is 14.3 Å². The Kier molecular flexibility index (Phi) is 9.43. The smallest absolute Gasteiger partial charge is 0.0675 e. The largest absolute Gasteiger partial charge is 0.550 e. The average molecular weight is 276 g/mol. The van der Waals surface area contributed by atoms with E-state index in [0.29, 0.717) is 6.42 Å². The maximum atomic E-state index is 10.7. The Morgan fingerprint density at radius 1 is 1.11 bits per heavy atom. The molecule has 0 rings (SSSR count). The molecule has 0 heterocycles. The first-order valence-corrected chi connectivity index (χ1v) is 6.19. The van der Waals surface area contributed by atoms with Crippen molar-refractivity contribution in [3.05, 3.63) is 0 Å². The predicted octanol–water partition coefficient (Wildman–Crippen LogP) is -1.51. The Hall–Kier alpha value is -1.14. The zero-order chi connectivity index (χ0) is 15.8. The number of ether oxygens (including phenoxy) is 1. The van der Waals surface area contributed by atoms with Gasteiger partial charge in [-0.3, -0.25) is 0 Å². The first-order valence-electron chi connectivity index (χ1n) is 6.19. The van der Waals surface area contributed by atoms with E-state index < -0.39 is 29.9 Å². The maximum absolute atomic E-state index is 10.7. The highest BCUT2D eigenvalue weighted by Gasteiger charge is 2.27. The van der Waals surface area contributed by atoms with E-state index in [1.165, 1.54) is 14.0 Å². The summed E-state index contributed by atoms with van der Waals surface area (Å²) in [5, 5.41) is 21.2. The van der Waals surface area contributed by atoms with Gasteiger partial charge in [0, 0.05) is 30.9 Å². The van der Waals surface area contributed by atoms with Crippen molar-refractivity contribution in [3.63, 3.8) is 0 Å². The summed E-state index contributed by atoms with van der Waals surface area (Å²) >= 11 is 0. The molecule has 0 aliphatic heterocycles. The molecule has 6 heteroatoms. The van der Waals surface area contributed by atoms with Gasteiger partial charge in [0.25, 0.3) is 0 Å². The minimum atomic E-state index is -1.42. The molecule has 0 aromatic carbocycles. The molecular formula is C13H26NO5-. The Labute approximate surface area is 115 Å². The Bertz CT molecular complexity index is 275. The fraction of sp³-hybridized carbons (Fsp3) is 0.846. The number of methoxy groups -OCH3 is 1. The van der Waals surface area contributed by atoms with Crippen LogP contribution in [-0.4, -0.2) is 57.8 Å². The molecule has 0 spiro atoms. The van der Waals surface area contributed by atoms with Gasteiger partial charge in [0.2, 0.25) is 0 Å². The van der Waals surface area contributed by atoms with Gasteiger partial charge in [0.1, 0.15) is 0 Å². The molecule has 0 radical (unpaired) electrons. The van der Waals surface area contributed by atoms with Crippen LogP contribution in [0.4, 0.5) is 0 Å². The number of carbonyl (C=O) groups excluding carboxylic acids is 2. The fourth-order valence-corrected chi connectivity index (χ4v) is 1.39. The van der Waals surface area contributed by atoms with Crippen LogP contribution >= 0.6 is 0 Å².